The van der Waals surface area contributed by atoms with Crippen LogP contribution in [-0.4, -0.2) is 23.3 Å². The van der Waals surface area contributed by atoms with Gasteiger partial charge in [-0.05, 0) is 24.3 Å². The van der Waals surface area contributed by atoms with Crippen LogP contribution in [0.1, 0.15) is 31.2 Å². The molecule has 0 unspecified atom stereocenters. The van der Waals surface area contributed by atoms with E-state index in [4.69, 9.17) is 19.0 Å². The van der Waals surface area contributed by atoms with Crippen LogP contribution in [0.2, 0.25) is 0 Å². The van der Waals surface area contributed by atoms with E-state index >= 15 is 0 Å². The lowest BCUT2D eigenvalue weighted by molar-refractivity contribution is 0.201. The van der Waals surface area contributed by atoms with Gasteiger partial charge in [0.25, 0.3) is 0 Å². The lowest BCUT2D eigenvalue weighted by atomic mass is 10.1. The predicted octanol–water partition coefficient (Wildman–Crippen LogP) is 2.75. The Bertz CT molecular complexity index is 519. The molecule has 0 saturated heterocycles. The molecule has 2 aromatic rings. The number of oxazole rings is 1. The molecule has 5 heteroatoms. The van der Waals surface area contributed by atoms with Crippen LogP contribution >= 0.6 is 0 Å². The molecule has 20 heavy (non-hydrogen) atoms. The molecule has 0 aliphatic rings. The molecule has 2 rings (SSSR count). The van der Waals surface area contributed by atoms with E-state index in [9.17, 15) is 0 Å². The first-order valence-corrected chi connectivity index (χ1v) is 6.59. The maximum atomic E-state index is 8.68. The van der Waals surface area contributed by atoms with Gasteiger partial charge in [-0.1, -0.05) is 13.8 Å². The average Bonchev–Trinajstić information content (AvgIpc) is 2.92. The van der Waals surface area contributed by atoms with E-state index in [1.807, 2.05) is 12.1 Å². The van der Waals surface area contributed by atoms with Gasteiger partial charge < -0.3 is 19.0 Å². The number of hydrogen-bond donors (Lipinski definition) is 1. The number of aromatic nitrogens is 1. The molecular weight excluding hydrogens is 258 g/mol. The molecule has 0 bridgehead atoms. The summed E-state index contributed by atoms with van der Waals surface area (Å²) in [6.45, 7) is 4.77. The average molecular weight is 277 g/mol. The second-order valence-electron chi connectivity index (χ2n) is 4.65. The maximum Gasteiger partial charge on any atom is 0.181 e. The Labute approximate surface area is 118 Å². The van der Waals surface area contributed by atoms with E-state index in [2.05, 4.69) is 18.8 Å². The van der Waals surface area contributed by atoms with Crippen molar-refractivity contribution in [3.63, 3.8) is 0 Å². The Kier molecular flexibility index (Phi) is 5.01. The third kappa shape index (κ3) is 3.74. The minimum Gasteiger partial charge on any atom is -0.491 e. The summed E-state index contributed by atoms with van der Waals surface area (Å²) in [5.74, 6) is 2.58. The zero-order chi connectivity index (χ0) is 14.4. The molecular formula is C15H19NO4. The molecule has 0 amide bonds. The second-order valence-corrected chi connectivity index (χ2v) is 4.65. The van der Waals surface area contributed by atoms with Crippen molar-refractivity contribution in [3.05, 3.63) is 42.1 Å². The van der Waals surface area contributed by atoms with Crippen molar-refractivity contribution in [2.45, 2.75) is 26.4 Å². The summed E-state index contributed by atoms with van der Waals surface area (Å²) in [7, 11) is 0. The molecule has 1 heterocycles. The summed E-state index contributed by atoms with van der Waals surface area (Å²) in [6.07, 6.45) is 1.44. The first-order chi connectivity index (χ1) is 9.70. The minimum absolute atomic E-state index is 0.00237. The number of hydrogen-bond acceptors (Lipinski definition) is 5. The molecule has 0 atom stereocenters. The highest BCUT2D eigenvalue weighted by Gasteiger charge is 2.12. The first-order valence-electron chi connectivity index (χ1n) is 6.59. The van der Waals surface area contributed by atoms with Gasteiger partial charge in [0.2, 0.25) is 0 Å². The SMILES string of the molecule is CC(C)c1ocnc1COc1ccc(OCCO)cc1. The first kappa shape index (κ1) is 14.4. The number of rotatable bonds is 7. The Morgan fingerprint density at radius 1 is 1.15 bits per heavy atom. The fourth-order valence-electron chi connectivity index (χ4n) is 1.80. The highest BCUT2D eigenvalue weighted by atomic mass is 16.5. The Balaban J connectivity index is 1.92. The van der Waals surface area contributed by atoms with Crippen LogP contribution in [0.4, 0.5) is 0 Å². The van der Waals surface area contributed by atoms with Crippen LogP contribution in [0.15, 0.2) is 35.1 Å². The standard InChI is InChI=1S/C15H19NO4/c1-11(2)15-14(16-10-20-15)9-19-13-5-3-12(4-6-13)18-8-7-17/h3-6,10-11,17H,7-9H2,1-2H3. The molecule has 5 nitrogen and oxygen atoms in total. The predicted molar refractivity (Wildman–Crippen MR) is 73.9 cm³/mol. The molecule has 1 aromatic carbocycles. The van der Waals surface area contributed by atoms with E-state index in [0.717, 1.165) is 17.2 Å². The van der Waals surface area contributed by atoms with Gasteiger partial charge in [0.15, 0.2) is 6.39 Å². The van der Waals surface area contributed by atoms with Gasteiger partial charge in [-0.3, -0.25) is 0 Å². The molecule has 1 aromatic heterocycles. The summed E-state index contributed by atoms with van der Waals surface area (Å²) in [4.78, 5) is 4.17. The van der Waals surface area contributed by atoms with Crippen molar-refractivity contribution < 1.29 is 19.0 Å². The van der Waals surface area contributed by atoms with E-state index < -0.39 is 0 Å². The third-order valence-electron chi connectivity index (χ3n) is 2.76. The van der Waals surface area contributed by atoms with Gasteiger partial charge in [0, 0.05) is 5.92 Å². The van der Waals surface area contributed by atoms with Gasteiger partial charge in [-0.25, -0.2) is 4.98 Å². The lowest BCUT2D eigenvalue weighted by Gasteiger charge is -2.08. The van der Waals surface area contributed by atoms with Crippen LogP contribution in [-0.2, 0) is 6.61 Å². The van der Waals surface area contributed by atoms with E-state index in [1.165, 1.54) is 6.39 Å². The van der Waals surface area contributed by atoms with Crippen molar-refractivity contribution in [1.82, 2.24) is 4.98 Å². The zero-order valence-electron chi connectivity index (χ0n) is 11.7. The highest BCUT2D eigenvalue weighted by Crippen LogP contribution is 2.22. The molecule has 0 aliphatic heterocycles. The second kappa shape index (κ2) is 6.96. The Hall–Kier alpha value is -2.01. The number of aliphatic hydroxyl groups excluding tert-OH is 1. The van der Waals surface area contributed by atoms with Crippen molar-refractivity contribution >= 4 is 0 Å². The summed E-state index contributed by atoms with van der Waals surface area (Å²) >= 11 is 0. The monoisotopic (exact) mass is 277 g/mol. The van der Waals surface area contributed by atoms with Gasteiger partial charge in [-0.15, -0.1) is 0 Å². The summed E-state index contributed by atoms with van der Waals surface area (Å²) < 4.78 is 16.3. The van der Waals surface area contributed by atoms with Crippen LogP contribution in [0, 0.1) is 0 Å². The fourth-order valence-corrected chi connectivity index (χ4v) is 1.80. The highest BCUT2D eigenvalue weighted by molar-refractivity contribution is 5.31. The fraction of sp³-hybridized carbons (Fsp3) is 0.400. The van der Waals surface area contributed by atoms with Crippen LogP contribution in [0.25, 0.3) is 0 Å². The lowest BCUT2D eigenvalue weighted by Crippen LogP contribution is -2.02. The number of benzene rings is 1. The van der Waals surface area contributed by atoms with Crippen LogP contribution in [0.3, 0.4) is 0 Å². The van der Waals surface area contributed by atoms with E-state index in [1.54, 1.807) is 12.1 Å². The molecule has 0 spiro atoms. The Morgan fingerprint density at radius 2 is 1.80 bits per heavy atom. The number of nitrogens with zero attached hydrogens (tertiary/aromatic N) is 1. The Morgan fingerprint density at radius 3 is 2.40 bits per heavy atom. The number of ether oxygens (including phenoxy) is 2. The van der Waals surface area contributed by atoms with Gasteiger partial charge in [0.1, 0.15) is 36.2 Å². The van der Waals surface area contributed by atoms with Gasteiger partial charge in [0.05, 0.1) is 6.61 Å². The van der Waals surface area contributed by atoms with Gasteiger partial charge in [-0.2, -0.15) is 0 Å². The van der Waals surface area contributed by atoms with Crippen molar-refractivity contribution in [2.75, 3.05) is 13.2 Å². The van der Waals surface area contributed by atoms with E-state index in [0.29, 0.717) is 12.4 Å². The third-order valence-corrected chi connectivity index (χ3v) is 2.76. The molecule has 0 radical (unpaired) electrons. The maximum absolute atomic E-state index is 8.68. The van der Waals surface area contributed by atoms with Crippen molar-refractivity contribution in [3.8, 4) is 11.5 Å². The molecule has 0 saturated carbocycles. The van der Waals surface area contributed by atoms with E-state index in [-0.39, 0.29) is 19.1 Å². The van der Waals surface area contributed by atoms with Crippen LogP contribution < -0.4 is 9.47 Å². The van der Waals surface area contributed by atoms with Crippen molar-refractivity contribution in [1.29, 1.82) is 0 Å². The summed E-state index contributed by atoms with van der Waals surface area (Å²) in [5.41, 5.74) is 0.820. The quantitative estimate of drug-likeness (QED) is 0.843. The minimum atomic E-state index is 0.00237. The van der Waals surface area contributed by atoms with Crippen molar-refractivity contribution in [2.24, 2.45) is 0 Å². The van der Waals surface area contributed by atoms with Crippen LogP contribution in [0.5, 0.6) is 11.5 Å². The largest absolute Gasteiger partial charge is 0.491 e. The summed E-state index contributed by atoms with van der Waals surface area (Å²) in [5, 5.41) is 8.68. The molecule has 0 fully saturated rings. The van der Waals surface area contributed by atoms with Gasteiger partial charge >= 0.3 is 0 Å². The molecule has 108 valence electrons. The normalized spacial score (nSPS) is 10.8. The number of aliphatic hydroxyl groups is 1. The zero-order valence-corrected chi connectivity index (χ0v) is 11.7. The topological polar surface area (TPSA) is 64.7 Å². The molecule has 1 N–H and O–H groups in total. The molecule has 0 aliphatic carbocycles. The smallest absolute Gasteiger partial charge is 0.181 e. The summed E-state index contributed by atoms with van der Waals surface area (Å²) in [6, 6.07) is 7.25.